The highest BCUT2D eigenvalue weighted by molar-refractivity contribution is 5.81. The van der Waals surface area contributed by atoms with Crippen molar-refractivity contribution in [1.29, 1.82) is 0 Å². The summed E-state index contributed by atoms with van der Waals surface area (Å²) in [5.41, 5.74) is 0.907. The van der Waals surface area contributed by atoms with E-state index in [4.69, 9.17) is 14.3 Å². The largest absolute Gasteiger partial charge is 0.497 e. The molecule has 0 fully saturated rings. The highest BCUT2D eigenvalue weighted by atomic mass is 16.5. The van der Waals surface area contributed by atoms with Gasteiger partial charge in [-0.1, -0.05) is 12.1 Å². The third-order valence-electron chi connectivity index (χ3n) is 2.14. The number of hydrogen-bond acceptors (Lipinski definition) is 5. The summed E-state index contributed by atoms with van der Waals surface area (Å²) >= 11 is 0. The van der Waals surface area contributed by atoms with Gasteiger partial charge in [0.2, 0.25) is 5.89 Å². The minimum Gasteiger partial charge on any atom is -0.497 e. The first-order valence-corrected chi connectivity index (χ1v) is 4.87. The zero-order valence-corrected chi connectivity index (χ0v) is 9.08. The number of hydrogen-bond donors (Lipinski definition) is 1. The highest BCUT2D eigenvalue weighted by Gasteiger charge is 2.13. The molecule has 1 aromatic carbocycles. The summed E-state index contributed by atoms with van der Waals surface area (Å²) in [4.78, 5) is 10.6. The number of carbonyl (C=O) groups is 1. The van der Waals surface area contributed by atoms with Crippen LogP contribution in [0.5, 0.6) is 5.75 Å². The van der Waals surface area contributed by atoms with E-state index in [0.29, 0.717) is 6.42 Å². The van der Waals surface area contributed by atoms with Crippen molar-refractivity contribution >= 4 is 5.97 Å². The molecule has 1 heterocycles. The Morgan fingerprint density at radius 2 is 2.29 bits per heavy atom. The molecule has 0 bridgehead atoms. The van der Waals surface area contributed by atoms with E-state index in [1.165, 1.54) is 0 Å². The highest BCUT2D eigenvalue weighted by Crippen LogP contribution is 2.15. The fourth-order valence-electron chi connectivity index (χ4n) is 1.37. The number of methoxy groups -OCH3 is 1. The number of benzene rings is 1. The Bertz CT molecular complexity index is 536. The number of rotatable bonds is 4. The number of aromatic nitrogens is 2. The molecule has 0 aliphatic rings. The topological polar surface area (TPSA) is 85.5 Å². The Hall–Kier alpha value is -2.37. The lowest BCUT2D eigenvalue weighted by Gasteiger charge is -2.01. The van der Waals surface area contributed by atoms with Crippen molar-refractivity contribution in [2.45, 2.75) is 6.42 Å². The van der Waals surface area contributed by atoms with Gasteiger partial charge in [0.15, 0.2) is 0 Å². The molecule has 0 spiro atoms. The molecule has 0 aliphatic heterocycles. The number of carboxylic acids is 1. The van der Waals surface area contributed by atoms with Gasteiger partial charge in [0.1, 0.15) is 5.75 Å². The number of aromatic carboxylic acids is 1. The Balaban J connectivity index is 2.16. The monoisotopic (exact) mass is 234 g/mol. The van der Waals surface area contributed by atoms with Crippen molar-refractivity contribution in [2.24, 2.45) is 0 Å². The first-order chi connectivity index (χ1) is 8.19. The lowest BCUT2D eigenvalue weighted by Crippen LogP contribution is -1.95. The zero-order valence-electron chi connectivity index (χ0n) is 9.08. The van der Waals surface area contributed by atoms with Gasteiger partial charge in [-0.3, -0.25) is 0 Å². The maximum absolute atomic E-state index is 10.6. The maximum Gasteiger partial charge on any atom is 0.393 e. The van der Waals surface area contributed by atoms with Crippen LogP contribution in [-0.2, 0) is 6.42 Å². The molecule has 2 aromatic rings. The van der Waals surface area contributed by atoms with E-state index in [-0.39, 0.29) is 5.89 Å². The van der Waals surface area contributed by atoms with Crippen LogP contribution in [0, 0.1) is 0 Å². The van der Waals surface area contributed by atoms with Gasteiger partial charge in [0.05, 0.1) is 13.5 Å². The molecule has 1 aromatic heterocycles. The van der Waals surface area contributed by atoms with Crippen molar-refractivity contribution in [3.8, 4) is 5.75 Å². The van der Waals surface area contributed by atoms with Crippen molar-refractivity contribution in [2.75, 3.05) is 7.11 Å². The number of carboxylic acid groups (broad SMARTS) is 1. The van der Waals surface area contributed by atoms with E-state index in [2.05, 4.69) is 10.2 Å². The Morgan fingerprint density at radius 3 is 2.94 bits per heavy atom. The van der Waals surface area contributed by atoms with Crippen molar-refractivity contribution in [3.05, 3.63) is 41.6 Å². The first-order valence-electron chi connectivity index (χ1n) is 4.87. The molecule has 0 saturated carbocycles. The predicted octanol–water partition coefficient (Wildman–Crippen LogP) is 1.37. The smallest absolute Gasteiger partial charge is 0.393 e. The number of ether oxygens (including phenoxy) is 1. The molecular weight excluding hydrogens is 224 g/mol. The normalized spacial score (nSPS) is 10.2. The molecule has 6 nitrogen and oxygen atoms in total. The third-order valence-corrected chi connectivity index (χ3v) is 2.14. The SMILES string of the molecule is COc1cccc(Cc2nnc(C(=O)O)o2)c1. The summed E-state index contributed by atoms with van der Waals surface area (Å²) in [6.45, 7) is 0. The van der Waals surface area contributed by atoms with E-state index in [9.17, 15) is 4.79 Å². The summed E-state index contributed by atoms with van der Waals surface area (Å²) in [6, 6.07) is 7.35. The molecule has 0 radical (unpaired) electrons. The second-order valence-electron chi connectivity index (χ2n) is 3.33. The lowest BCUT2D eigenvalue weighted by atomic mass is 10.1. The molecule has 0 unspecified atom stereocenters. The minimum absolute atomic E-state index is 0.260. The van der Waals surface area contributed by atoms with E-state index >= 15 is 0 Å². The van der Waals surface area contributed by atoms with Crippen LogP contribution < -0.4 is 4.74 Å². The second-order valence-corrected chi connectivity index (χ2v) is 3.33. The van der Waals surface area contributed by atoms with Gasteiger partial charge in [-0.15, -0.1) is 10.2 Å². The Labute approximate surface area is 96.9 Å². The fraction of sp³-hybridized carbons (Fsp3) is 0.182. The van der Waals surface area contributed by atoms with Gasteiger partial charge in [0, 0.05) is 0 Å². The average Bonchev–Trinajstić information content (AvgIpc) is 2.78. The lowest BCUT2D eigenvalue weighted by molar-refractivity contribution is 0.0651. The molecule has 6 heteroatoms. The number of nitrogens with zero attached hydrogens (tertiary/aromatic N) is 2. The molecule has 0 aliphatic carbocycles. The van der Waals surface area contributed by atoms with Crippen LogP contribution in [0.4, 0.5) is 0 Å². The summed E-state index contributed by atoms with van der Waals surface area (Å²) < 4.78 is 10.0. The van der Waals surface area contributed by atoms with Crippen LogP contribution in [0.25, 0.3) is 0 Å². The molecule has 2 rings (SSSR count). The van der Waals surface area contributed by atoms with Gasteiger partial charge in [-0.25, -0.2) is 4.79 Å². The molecule has 17 heavy (non-hydrogen) atoms. The van der Waals surface area contributed by atoms with E-state index < -0.39 is 11.9 Å². The van der Waals surface area contributed by atoms with Crippen LogP contribution in [0.15, 0.2) is 28.7 Å². The van der Waals surface area contributed by atoms with Gasteiger partial charge >= 0.3 is 11.9 Å². The van der Waals surface area contributed by atoms with Gasteiger partial charge < -0.3 is 14.3 Å². The van der Waals surface area contributed by atoms with E-state index in [1.807, 2.05) is 24.3 Å². The molecule has 0 atom stereocenters. The standard InChI is InChI=1S/C11H10N2O4/c1-16-8-4-2-3-7(5-8)6-9-12-13-10(17-9)11(14)15/h2-5H,6H2,1H3,(H,14,15). The molecule has 0 amide bonds. The van der Waals surface area contributed by atoms with Gasteiger partial charge in [-0.2, -0.15) is 0 Å². The average molecular weight is 234 g/mol. The first kappa shape index (κ1) is 11.1. The van der Waals surface area contributed by atoms with Crippen molar-refractivity contribution in [1.82, 2.24) is 10.2 Å². The van der Waals surface area contributed by atoms with Crippen LogP contribution >= 0.6 is 0 Å². The van der Waals surface area contributed by atoms with Crippen LogP contribution in [-0.4, -0.2) is 28.4 Å². The van der Waals surface area contributed by atoms with Crippen LogP contribution in [0.1, 0.15) is 22.1 Å². The molecule has 1 N–H and O–H groups in total. The predicted molar refractivity (Wildman–Crippen MR) is 57.1 cm³/mol. The van der Waals surface area contributed by atoms with Gasteiger partial charge in [-0.05, 0) is 17.7 Å². The zero-order chi connectivity index (χ0) is 12.3. The van der Waals surface area contributed by atoms with Crippen molar-refractivity contribution in [3.63, 3.8) is 0 Å². The van der Waals surface area contributed by atoms with Crippen LogP contribution in [0.2, 0.25) is 0 Å². The minimum atomic E-state index is -1.23. The Morgan fingerprint density at radius 1 is 1.47 bits per heavy atom. The maximum atomic E-state index is 10.6. The van der Waals surface area contributed by atoms with E-state index in [1.54, 1.807) is 7.11 Å². The Kier molecular flexibility index (Phi) is 3.04. The fourth-order valence-corrected chi connectivity index (χ4v) is 1.37. The second kappa shape index (κ2) is 4.65. The third kappa shape index (κ3) is 2.60. The molecular formula is C11H10N2O4. The molecule has 88 valence electrons. The quantitative estimate of drug-likeness (QED) is 0.859. The summed E-state index contributed by atoms with van der Waals surface area (Å²) in [7, 11) is 1.58. The van der Waals surface area contributed by atoms with E-state index in [0.717, 1.165) is 11.3 Å². The van der Waals surface area contributed by atoms with Gasteiger partial charge in [0.25, 0.3) is 0 Å². The summed E-state index contributed by atoms with van der Waals surface area (Å²) in [6.07, 6.45) is 0.372. The summed E-state index contributed by atoms with van der Waals surface area (Å²) in [5, 5.41) is 15.7. The van der Waals surface area contributed by atoms with Crippen LogP contribution in [0.3, 0.4) is 0 Å². The van der Waals surface area contributed by atoms with Crippen molar-refractivity contribution < 1.29 is 19.1 Å². The molecule has 0 saturated heterocycles. The summed E-state index contributed by atoms with van der Waals surface area (Å²) in [5.74, 6) is -0.645.